The number of hydrogen-bond donors (Lipinski definition) is 0. The lowest BCUT2D eigenvalue weighted by molar-refractivity contribution is -0.384. The molecule has 9 nitrogen and oxygen atoms in total. The molecule has 4 aliphatic rings. The molecule has 46 heavy (non-hydrogen) atoms. The fourth-order valence-corrected chi connectivity index (χ4v) is 8.32. The SMILES string of the molecule is O=C(COC(=O)[C@H](Cc1ccccc1)N1C(=O)[C@H]2[C@H](C1=O)C1(Cl)c3ccccc3C2(Cl)c2ccccc21)c1cccc([N+](=O)[O-])c1. The Balaban J connectivity index is 1.27. The molecule has 1 saturated heterocycles. The second kappa shape index (κ2) is 10.9. The van der Waals surface area contributed by atoms with E-state index < -0.39 is 62.7 Å². The quantitative estimate of drug-likeness (QED) is 0.0611. The number of nitrogens with zero attached hydrogens (tertiary/aromatic N) is 2. The highest BCUT2D eigenvalue weighted by Gasteiger charge is 2.73. The number of halogens is 2. The van der Waals surface area contributed by atoms with Crippen LogP contribution in [0.5, 0.6) is 0 Å². The van der Waals surface area contributed by atoms with Crippen molar-refractivity contribution in [3.05, 3.63) is 147 Å². The van der Waals surface area contributed by atoms with Gasteiger partial charge in [0.05, 0.1) is 16.8 Å². The van der Waals surface area contributed by atoms with Crippen molar-refractivity contribution in [3.63, 3.8) is 0 Å². The lowest BCUT2D eigenvalue weighted by Gasteiger charge is -2.54. The number of rotatable bonds is 8. The lowest BCUT2D eigenvalue weighted by atomic mass is 9.54. The number of benzene rings is 4. The molecule has 0 N–H and O–H groups in total. The lowest BCUT2D eigenvalue weighted by Crippen LogP contribution is -2.57. The van der Waals surface area contributed by atoms with Crippen LogP contribution < -0.4 is 0 Å². The normalized spacial score (nSPS) is 24.5. The summed E-state index contributed by atoms with van der Waals surface area (Å²) in [6.07, 6.45) is -0.0912. The molecular formula is C35H24Cl2N2O7. The third-order valence-electron chi connectivity index (χ3n) is 9.20. The summed E-state index contributed by atoms with van der Waals surface area (Å²) >= 11 is 15.1. The zero-order chi connectivity index (χ0) is 32.4. The van der Waals surface area contributed by atoms with Crippen molar-refractivity contribution in [2.45, 2.75) is 22.2 Å². The summed E-state index contributed by atoms with van der Waals surface area (Å²) in [6.45, 7) is -0.760. The Kier molecular flexibility index (Phi) is 7.06. The Morgan fingerprint density at radius 1 is 0.783 bits per heavy atom. The van der Waals surface area contributed by atoms with Gasteiger partial charge in [0, 0.05) is 24.1 Å². The van der Waals surface area contributed by atoms with Crippen LogP contribution in [0.2, 0.25) is 0 Å². The van der Waals surface area contributed by atoms with Gasteiger partial charge in [0.25, 0.3) is 5.69 Å². The first-order chi connectivity index (χ1) is 22.1. The summed E-state index contributed by atoms with van der Waals surface area (Å²) in [5.41, 5.74) is 2.82. The molecular weight excluding hydrogens is 631 g/mol. The van der Waals surface area contributed by atoms with Crippen LogP contribution in [0.1, 0.15) is 38.2 Å². The number of imide groups is 1. The maximum absolute atomic E-state index is 14.5. The number of carbonyl (C=O) groups excluding carboxylic acids is 4. The third kappa shape index (κ3) is 4.22. The Labute approximate surface area is 272 Å². The fourth-order valence-electron chi connectivity index (χ4n) is 7.22. The van der Waals surface area contributed by atoms with Crippen molar-refractivity contribution in [2.75, 3.05) is 6.61 Å². The van der Waals surface area contributed by atoms with E-state index in [-0.39, 0.29) is 17.7 Å². The molecule has 0 saturated carbocycles. The zero-order valence-corrected chi connectivity index (χ0v) is 25.5. The fraction of sp³-hybridized carbons (Fsp3) is 0.200. The molecule has 4 aromatic rings. The van der Waals surface area contributed by atoms with Crippen molar-refractivity contribution in [1.82, 2.24) is 4.90 Å². The molecule has 3 atom stereocenters. The second-order valence-corrected chi connectivity index (χ2v) is 12.8. The number of non-ortho nitro benzene ring substituents is 1. The second-order valence-electron chi connectivity index (χ2n) is 11.6. The van der Waals surface area contributed by atoms with Gasteiger partial charge < -0.3 is 4.74 Å². The number of likely N-dealkylation sites (tertiary alicyclic amines) is 1. The largest absolute Gasteiger partial charge is 0.456 e. The van der Waals surface area contributed by atoms with Crippen molar-refractivity contribution in [2.24, 2.45) is 11.8 Å². The molecule has 11 heteroatoms. The highest BCUT2D eigenvalue weighted by atomic mass is 35.5. The smallest absolute Gasteiger partial charge is 0.330 e. The van der Waals surface area contributed by atoms with Gasteiger partial charge in [-0.3, -0.25) is 29.4 Å². The average Bonchev–Trinajstić information content (AvgIpc) is 3.35. The third-order valence-corrected chi connectivity index (χ3v) is 10.5. The topological polar surface area (TPSA) is 124 Å². The van der Waals surface area contributed by atoms with Gasteiger partial charge in [0.2, 0.25) is 17.6 Å². The van der Waals surface area contributed by atoms with Crippen molar-refractivity contribution in [3.8, 4) is 0 Å². The molecule has 1 heterocycles. The summed E-state index contributed by atoms with van der Waals surface area (Å²) < 4.78 is 5.43. The van der Waals surface area contributed by atoms with Crippen molar-refractivity contribution >= 4 is 52.5 Å². The van der Waals surface area contributed by atoms with E-state index in [2.05, 4.69) is 0 Å². The Morgan fingerprint density at radius 3 is 1.78 bits per heavy atom. The number of carbonyl (C=O) groups is 4. The number of nitro benzene ring substituents is 1. The summed E-state index contributed by atoms with van der Waals surface area (Å²) in [5, 5.41) is 11.2. The monoisotopic (exact) mass is 654 g/mol. The molecule has 0 aromatic heterocycles. The van der Waals surface area contributed by atoms with E-state index in [4.69, 9.17) is 27.9 Å². The van der Waals surface area contributed by atoms with Gasteiger partial charge in [-0.1, -0.05) is 91.0 Å². The van der Waals surface area contributed by atoms with E-state index in [1.807, 2.05) is 0 Å². The first kappa shape index (κ1) is 29.8. The van der Waals surface area contributed by atoms with Gasteiger partial charge in [0.1, 0.15) is 15.8 Å². The number of hydrogen-bond acceptors (Lipinski definition) is 7. The van der Waals surface area contributed by atoms with Gasteiger partial charge in [-0.2, -0.15) is 0 Å². The van der Waals surface area contributed by atoms with Crippen LogP contribution in [0.15, 0.2) is 103 Å². The van der Waals surface area contributed by atoms with Crippen LogP contribution in [0.3, 0.4) is 0 Å². The predicted molar refractivity (Wildman–Crippen MR) is 167 cm³/mol. The number of alkyl halides is 2. The molecule has 2 bridgehead atoms. The molecule has 1 aliphatic heterocycles. The first-order valence-corrected chi connectivity index (χ1v) is 15.3. The van der Waals surface area contributed by atoms with E-state index in [0.717, 1.165) is 11.0 Å². The van der Waals surface area contributed by atoms with E-state index >= 15 is 0 Å². The molecule has 4 aromatic carbocycles. The molecule has 0 spiro atoms. The number of ketones is 1. The van der Waals surface area contributed by atoms with Crippen molar-refractivity contribution < 1.29 is 28.8 Å². The van der Waals surface area contributed by atoms with Gasteiger partial charge >= 0.3 is 5.97 Å². The van der Waals surface area contributed by atoms with Crippen LogP contribution in [-0.4, -0.2) is 46.0 Å². The molecule has 2 amide bonds. The van der Waals surface area contributed by atoms with Gasteiger partial charge in [-0.15, -0.1) is 23.2 Å². The molecule has 3 aliphatic carbocycles. The van der Waals surface area contributed by atoms with Gasteiger partial charge in [-0.25, -0.2) is 4.79 Å². The van der Waals surface area contributed by atoms with Gasteiger partial charge in [-0.05, 0) is 27.8 Å². The highest BCUT2D eigenvalue weighted by molar-refractivity contribution is 6.36. The van der Waals surface area contributed by atoms with Crippen LogP contribution in [0.4, 0.5) is 5.69 Å². The minimum atomic E-state index is -1.45. The number of Topliss-reactive ketones (excluding diaryl/α,β-unsaturated/α-hetero) is 1. The number of amides is 2. The molecule has 0 radical (unpaired) electrons. The van der Waals surface area contributed by atoms with Crippen molar-refractivity contribution in [1.29, 1.82) is 0 Å². The first-order valence-electron chi connectivity index (χ1n) is 14.5. The average molecular weight is 655 g/mol. The molecule has 230 valence electrons. The molecule has 0 unspecified atom stereocenters. The van der Waals surface area contributed by atoms with Crippen LogP contribution >= 0.6 is 23.2 Å². The molecule has 8 rings (SSSR count). The Bertz CT molecular complexity index is 1840. The van der Waals surface area contributed by atoms with Gasteiger partial charge in [0.15, 0.2) is 6.61 Å². The zero-order valence-electron chi connectivity index (χ0n) is 24.0. The molecule has 1 fully saturated rings. The van der Waals surface area contributed by atoms with Crippen LogP contribution in [0.25, 0.3) is 0 Å². The summed E-state index contributed by atoms with van der Waals surface area (Å²) in [4.78, 5) is 64.4. The predicted octanol–water partition coefficient (Wildman–Crippen LogP) is 5.53. The number of nitro groups is 1. The minimum absolute atomic E-state index is 0.0266. The number of esters is 1. The van der Waals surface area contributed by atoms with Crippen LogP contribution in [-0.2, 0) is 35.3 Å². The van der Waals surface area contributed by atoms with E-state index in [1.54, 1.807) is 78.9 Å². The van der Waals surface area contributed by atoms with E-state index in [1.165, 1.54) is 18.2 Å². The summed E-state index contributed by atoms with van der Waals surface area (Å²) in [7, 11) is 0. The minimum Gasteiger partial charge on any atom is -0.456 e. The standard InChI is InChI=1S/C35H24Cl2N2O7/c36-34-23-13-4-5-14-24(23)35(37,26-16-7-6-15-25(26)34)30-29(34)31(41)38(32(30)42)27(17-20-9-2-1-3-10-20)33(43)46-19-28(40)21-11-8-12-22(18-21)39(44)45/h1-16,18,27,29-30H,17,19H2/t27-,29+,30+,34?,35?/m0/s1. The maximum Gasteiger partial charge on any atom is 0.330 e. The summed E-state index contributed by atoms with van der Waals surface area (Å²) in [5.74, 6) is -5.25. The Hall–Kier alpha value is -4.86. The number of ether oxygens (including phenoxy) is 1. The maximum atomic E-state index is 14.5. The Morgan fingerprint density at radius 2 is 1.28 bits per heavy atom. The summed E-state index contributed by atoms with van der Waals surface area (Å²) in [6, 6.07) is 26.8. The van der Waals surface area contributed by atoms with Crippen LogP contribution in [0, 0.1) is 22.0 Å². The van der Waals surface area contributed by atoms with E-state index in [0.29, 0.717) is 27.8 Å². The van der Waals surface area contributed by atoms with E-state index in [9.17, 15) is 29.3 Å². The highest BCUT2D eigenvalue weighted by Crippen LogP contribution is 2.69.